The van der Waals surface area contributed by atoms with Crippen LogP contribution in [0.15, 0.2) is 36.9 Å². The van der Waals surface area contributed by atoms with Gasteiger partial charge in [0.2, 0.25) is 11.8 Å². The maximum Gasteiger partial charge on any atom is 0.256 e. The van der Waals surface area contributed by atoms with Gasteiger partial charge in [-0.25, -0.2) is 13.8 Å². The molecule has 0 fully saturated rings. The lowest BCUT2D eigenvalue weighted by Crippen LogP contribution is -2.39. The van der Waals surface area contributed by atoms with Crippen LogP contribution in [0, 0.1) is 5.92 Å². The number of amides is 2. The molecule has 2 unspecified atom stereocenters. The van der Waals surface area contributed by atoms with Crippen molar-refractivity contribution in [1.29, 1.82) is 0 Å². The molecule has 6 N–H and O–H groups in total. The third-order valence-corrected chi connectivity index (χ3v) is 4.16. The van der Waals surface area contributed by atoms with Crippen LogP contribution in [0.2, 0.25) is 0 Å². The zero-order valence-corrected chi connectivity index (χ0v) is 18.5. The summed E-state index contributed by atoms with van der Waals surface area (Å²) < 4.78 is 22.0. The van der Waals surface area contributed by atoms with Crippen molar-refractivity contribution >= 4 is 37.8 Å². The van der Waals surface area contributed by atoms with Gasteiger partial charge < -0.3 is 21.8 Å². The number of aromatic nitrogens is 3. The third kappa shape index (κ3) is 6.96. The number of carbonyl (C=O) groups is 2. The Bertz CT molecular complexity index is 1070. The number of halogens is 2. The highest BCUT2D eigenvalue weighted by Crippen LogP contribution is 2.29. The first-order valence-electron chi connectivity index (χ1n) is 9.31. The molecule has 3 rings (SSSR count). The lowest BCUT2D eigenvalue weighted by atomic mass is 10.0. The lowest BCUT2D eigenvalue weighted by molar-refractivity contribution is -0.119. The molecule has 2 amide bonds. The number of hydrogen-bond acceptors (Lipinski definition) is 5. The number of aromatic amines is 1. The second kappa shape index (κ2) is 9.78. The number of fused-ring (bicyclic) bond motifs is 1. The number of alkyl halides is 2. The van der Waals surface area contributed by atoms with Gasteiger partial charge in [-0.3, -0.25) is 14.6 Å². The molecular formula is C20H25F2N6O2P. The Kier molecular flexibility index (Phi) is 7.62. The average molecular weight is 450 g/mol. The molecule has 0 radical (unpaired) electrons. The van der Waals surface area contributed by atoms with Crippen LogP contribution in [-0.2, 0) is 4.79 Å². The Morgan fingerprint density at radius 2 is 1.84 bits per heavy atom. The van der Waals surface area contributed by atoms with Gasteiger partial charge in [0, 0.05) is 48.2 Å². The van der Waals surface area contributed by atoms with Crippen molar-refractivity contribution in [1.82, 2.24) is 15.0 Å². The SMILES string of the molecule is CC(C)C(Nc1cncc(-c2c[nH]c3ncc(C(N)=O)cc23)c1)C(N)=O.CC(F)(F)P. The number of nitrogens with two attached hydrogens (primary N) is 2. The summed E-state index contributed by atoms with van der Waals surface area (Å²) in [6.45, 7) is 4.64. The fourth-order valence-corrected chi connectivity index (χ4v) is 2.79. The van der Waals surface area contributed by atoms with E-state index in [-0.39, 0.29) is 5.92 Å². The predicted molar refractivity (Wildman–Crippen MR) is 120 cm³/mol. The first-order chi connectivity index (χ1) is 14.4. The maximum atomic E-state index is 11.6. The molecule has 31 heavy (non-hydrogen) atoms. The zero-order chi connectivity index (χ0) is 23.3. The first kappa shape index (κ1) is 24.1. The lowest BCUT2D eigenvalue weighted by Gasteiger charge is -2.20. The van der Waals surface area contributed by atoms with Crippen molar-refractivity contribution < 1.29 is 18.4 Å². The quantitative estimate of drug-likeness (QED) is 0.427. The minimum atomic E-state index is -2.58. The van der Waals surface area contributed by atoms with Crippen LogP contribution in [-0.4, -0.2) is 38.5 Å². The summed E-state index contributed by atoms with van der Waals surface area (Å²) in [5.74, 6) is -0.930. The summed E-state index contributed by atoms with van der Waals surface area (Å²) in [7, 11) is 1.38. The Labute approximate surface area is 180 Å². The van der Waals surface area contributed by atoms with Crippen molar-refractivity contribution in [2.75, 3.05) is 5.32 Å². The standard InChI is InChI=1S/C18H20N6O2.C2H5F2P/c1-9(2)15(17(20)26)24-12-3-10(5-21-7-12)14-8-23-18-13(14)4-11(6-22-18)16(19)25;1-2(3,4)5/h3-9,15,24H,1-2H3,(H2,19,25)(H2,20,26)(H,22,23);5H2,1H3. The molecule has 0 saturated carbocycles. The van der Waals surface area contributed by atoms with Crippen LogP contribution in [0.5, 0.6) is 0 Å². The molecule has 0 spiro atoms. The van der Waals surface area contributed by atoms with E-state index in [9.17, 15) is 18.4 Å². The van der Waals surface area contributed by atoms with Crippen molar-refractivity contribution in [3.8, 4) is 11.1 Å². The van der Waals surface area contributed by atoms with Crippen molar-refractivity contribution in [2.45, 2.75) is 32.5 Å². The van der Waals surface area contributed by atoms with E-state index in [1.807, 2.05) is 19.9 Å². The number of H-pyrrole nitrogens is 1. The molecule has 8 nitrogen and oxygen atoms in total. The molecule has 0 aromatic carbocycles. The molecule has 0 aliphatic heterocycles. The largest absolute Gasteiger partial charge is 0.372 e. The minimum absolute atomic E-state index is 0.0339. The fraction of sp³-hybridized carbons (Fsp3) is 0.300. The number of rotatable bonds is 6. The highest BCUT2D eigenvalue weighted by atomic mass is 31.0. The van der Waals surface area contributed by atoms with Crippen molar-refractivity contribution in [3.05, 3.63) is 42.5 Å². The van der Waals surface area contributed by atoms with E-state index in [4.69, 9.17) is 11.5 Å². The molecule has 0 aliphatic carbocycles. The van der Waals surface area contributed by atoms with Crippen LogP contribution in [0.3, 0.4) is 0 Å². The molecule has 0 bridgehead atoms. The van der Waals surface area contributed by atoms with E-state index in [2.05, 4.69) is 20.3 Å². The summed E-state index contributed by atoms with van der Waals surface area (Å²) in [5.41, 5.74) is 11.5. The van der Waals surface area contributed by atoms with Crippen LogP contribution in [0.4, 0.5) is 14.5 Å². The Balaban J connectivity index is 0.000000614. The van der Waals surface area contributed by atoms with E-state index < -0.39 is 23.5 Å². The van der Waals surface area contributed by atoms with E-state index >= 15 is 0 Å². The van der Waals surface area contributed by atoms with Gasteiger partial charge in [-0.15, -0.1) is 0 Å². The highest BCUT2D eigenvalue weighted by Gasteiger charge is 2.19. The van der Waals surface area contributed by atoms with Gasteiger partial charge in [-0.1, -0.05) is 23.1 Å². The van der Waals surface area contributed by atoms with E-state index in [1.54, 1.807) is 24.7 Å². The zero-order valence-electron chi connectivity index (χ0n) is 17.3. The summed E-state index contributed by atoms with van der Waals surface area (Å²) in [5, 5.41) is 3.88. The number of pyridine rings is 2. The van der Waals surface area contributed by atoms with Crippen molar-refractivity contribution in [3.63, 3.8) is 0 Å². The second-order valence-electron chi connectivity index (χ2n) is 7.37. The molecule has 3 heterocycles. The normalized spacial score (nSPS) is 12.2. The monoisotopic (exact) mass is 450 g/mol. The van der Waals surface area contributed by atoms with Crippen LogP contribution >= 0.6 is 9.24 Å². The number of anilines is 1. The summed E-state index contributed by atoms with van der Waals surface area (Å²) in [6, 6.07) is 3.06. The number of carbonyl (C=O) groups excluding carboxylic acids is 2. The third-order valence-electron chi connectivity index (χ3n) is 4.16. The van der Waals surface area contributed by atoms with Crippen LogP contribution in [0.25, 0.3) is 22.2 Å². The first-order valence-corrected chi connectivity index (χ1v) is 9.89. The summed E-state index contributed by atoms with van der Waals surface area (Å²) >= 11 is 0. The second-order valence-corrected chi connectivity index (χ2v) is 8.39. The van der Waals surface area contributed by atoms with Crippen molar-refractivity contribution in [2.24, 2.45) is 17.4 Å². The fourth-order valence-electron chi connectivity index (χ4n) is 2.79. The van der Waals surface area contributed by atoms with E-state index in [1.165, 1.54) is 15.4 Å². The van der Waals surface area contributed by atoms with Gasteiger partial charge in [0.25, 0.3) is 5.66 Å². The average Bonchev–Trinajstić information content (AvgIpc) is 3.07. The van der Waals surface area contributed by atoms with Gasteiger partial charge in [0.05, 0.1) is 11.3 Å². The smallest absolute Gasteiger partial charge is 0.256 e. The molecule has 166 valence electrons. The maximum absolute atomic E-state index is 11.6. The Morgan fingerprint density at radius 3 is 2.39 bits per heavy atom. The van der Waals surface area contributed by atoms with Crippen LogP contribution < -0.4 is 16.8 Å². The van der Waals surface area contributed by atoms with Gasteiger partial charge >= 0.3 is 0 Å². The number of primary amides is 2. The Morgan fingerprint density at radius 1 is 1.19 bits per heavy atom. The topological polar surface area (TPSA) is 140 Å². The molecule has 3 aromatic rings. The minimum Gasteiger partial charge on any atom is -0.372 e. The van der Waals surface area contributed by atoms with Gasteiger partial charge in [0.15, 0.2) is 0 Å². The van der Waals surface area contributed by atoms with Crippen LogP contribution in [0.1, 0.15) is 31.1 Å². The van der Waals surface area contributed by atoms with Gasteiger partial charge in [-0.2, -0.15) is 0 Å². The van der Waals surface area contributed by atoms with Gasteiger partial charge in [-0.05, 0) is 18.1 Å². The predicted octanol–water partition coefficient (Wildman–Crippen LogP) is 3.12. The highest BCUT2D eigenvalue weighted by molar-refractivity contribution is 7.18. The molecule has 11 heteroatoms. The molecular weight excluding hydrogens is 425 g/mol. The van der Waals surface area contributed by atoms with Gasteiger partial charge in [0.1, 0.15) is 11.7 Å². The van der Waals surface area contributed by atoms with E-state index in [0.29, 0.717) is 16.9 Å². The van der Waals surface area contributed by atoms with E-state index in [0.717, 1.165) is 23.4 Å². The molecule has 0 saturated heterocycles. The number of nitrogens with one attached hydrogen (secondary N) is 2. The molecule has 2 atom stereocenters. The summed E-state index contributed by atoms with van der Waals surface area (Å²) in [6.07, 6.45) is 6.54. The Hall–Kier alpha value is -3.13. The number of hydrogen-bond donors (Lipinski definition) is 4. The molecule has 0 aliphatic rings. The number of nitrogens with zero attached hydrogens (tertiary/aromatic N) is 2. The summed E-state index contributed by atoms with van der Waals surface area (Å²) in [4.78, 5) is 34.6. The molecule has 3 aromatic heterocycles.